The Kier molecular flexibility index (Phi) is 5.23. The molecule has 158 valence electrons. The number of benzene rings is 2. The van der Waals surface area contributed by atoms with Crippen LogP contribution in [-0.4, -0.2) is 54.8 Å². The SMILES string of the molecule is O=[S+]([O-])(c1ccccc1)N1CCCN(c2ccc3nnc(-c4ccccc4)n3n2)CC1. The van der Waals surface area contributed by atoms with E-state index in [2.05, 4.69) is 15.1 Å². The van der Waals surface area contributed by atoms with Crippen LogP contribution in [0.15, 0.2) is 77.7 Å². The van der Waals surface area contributed by atoms with Crippen LogP contribution in [0.5, 0.6) is 0 Å². The molecule has 0 amide bonds. The lowest BCUT2D eigenvalue weighted by atomic mass is 10.2. The summed E-state index contributed by atoms with van der Waals surface area (Å²) in [5, 5.41) is 13.3. The predicted octanol–water partition coefficient (Wildman–Crippen LogP) is 2.91. The predicted molar refractivity (Wildman–Crippen MR) is 118 cm³/mol. The van der Waals surface area contributed by atoms with Crippen LogP contribution in [0.4, 0.5) is 5.82 Å². The van der Waals surface area contributed by atoms with E-state index in [4.69, 9.17) is 5.10 Å². The molecule has 5 rings (SSSR count). The largest absolute Gasteiger partial charge is 0.593 e. The van der Waals surface area contributed by atoms with Gasteiger partial charge in [0.1, 0.15) is 5.82 Å². The Balaban J connectivity index is 1.39. The monoisotopic (exact) mass is 434 g/mol. The van der Waals surface area contributed by atoms with Gasteiger partial charge in [0.2, 0.25) is 0 Å². The lowest BCUT2D eigenvalue weighted by Gasteiger charge is -2.26. The molecule has 3 heterocycles. The number of rotatable bonds is 4. The molecule has 0 aliphatic carbocycles. The van der Waals surface area contributed by atoms with Crippen molar-refractivity contribution in [1.29, 1.82) is 0 Å². The third kappa shape index (κ3) is 3.83. The molecule has 0 spiro atoms. The summed E-state index contributed by atoms with van der Waals surface area (Å²) in [6.45, 7) is 2.18. The number of nitrogens with zero attached hydrogens (tertiary/aromatic N) is 6. The van der Waals surface area contributed by atoms with Gasteiger partial charge in [-0.05, 0) is 30.7 Å². The van der Waals surface area contributed by atoms with Crippen LogP contribution in [0.3, 0.4) is 0 Å². The molecule has 0 N–H and O–H groups in total. The van der Waals surface area contributed by atoms with Gasteiger partial charge in [-0.15, -0.1) is 19.6 Å². The maximum absolute atomic E-state index is 13.0. The van der Waals surface area contributed by atoms with Crippen molar-refractivity contribution in [2.75, 3.05) is 31.1 Å². The van der Waals surface area contributed by atoms with E-state index in [0.717, 1.165) is 24.3 Å². The highest BCUT2D eigenvalue weighted by molar-refractivity contribution is 7.95. The van der Waals surface area contributed by atoms with Crippen molar-refractivity contribution in [3.63, 3.8) is 0 Å². The van der Waals surface area contributed by atoms with Crippen LogP contribution in [0, 0.1) is 0 Å². The van der Waals surface area contributed by atoms with E-state index in [1.165, 1.54) is 0 Å². The van der Waals surface area contributed by atoms with E-state index in [9.17, 15) is 8.76 Å². The minimum Gasteiger partial charge on any atom is -0.593 e. The Bertz CT molecular complexity index is 1230. The van der Waals surface area contributed by atoms with Crippen molar-refractivity contribution < 1.29 is 8.76 Å². The summed E-state index contributed by atoms with van der Waals surface area (Å²) in [4.78, 5) is 2.45. The molecule has 31 heavy (non-hydrogen) atoms. The number of sulfonamides is 1. The summed E-state index contributed by atoms with van der Waals surface area (Å²) in [6.07, 6.45) is 0.722. The zero-order valence-electron chi connectivity index (χ0n) is 16.9. The van der Waals surface area contributed by atoms with Crippen molar-refractivity contribution >= 4 is 21.9 Å². The van der Waals surface area contributed by atoms with Crippen LogP contribution in [0.2, 0.25) is 0 Å². The molecule has 1 saturated heterocycles. The topological polar surface area (TPSA) is 89.7 Å². The van der Waals surface area contributed by atoms with Gasteiger partial charge < -0.3 is 9.45 Å². The second kappa shape index (κ2) is 8.18. The van der Waals surface area contributed by atoms with Crippen molar-refractivity contribution in [2.45, 2.75) is 11.3 Å². The molecule has 1 unspecified atom stereocenters. The average Bonchev–Trinajstić information content (AvgIpc) is 3.07. The summed E-state index contributed by atoms with van der Waals surface area (Å²) < 4.78 is 29.3. The Hall–Kier alpha value is -3.14. The first kappa shape index (κ1) is 19.8. The fourth-order valence-corrected chi connectivity index (χ4v) is 5.31. The second-order valence-corrected chi connectivity index (χ2v) is 9.35. The normalized spacial score (nSPS) is 17.4. The molecule has 0 radical (unpaired) electrons. The smallest absolute Gasteiger partial charge is 0.185 e. The van der Waals surface area contributed by atoms with Gasteiger partial charge in [-0.3, -0.25) is 0 Å². The summed E-state index contributed by atoms with van der Waals surface area (Å²) in [6, 6.07) is 22.2. The fourth-order valence-electron chi connectivity index (χ4n) is 3.82. The molecule has 1 atom stereocenters. The van der Waals surface area contributed by atoms with Crippen molar-refractivity contribution in [1.82, 2.24) is 24.1 Å². The molecular formula is C22H22N6O2S. The highest BCUT2D eigenvalue weighted by Crippen LogP contribution is 2.24. The molecule has 2 aromatic heterocycles. The molecule has 1 aliphatic heterocycles. The molecule has 2 aromatic carbocycles. The van der Waals surface area contributed by atoms with Gasteiger partial charge in [0.15, 0.2) is 26.8 Å². The van der Waals surface area contributed by atoms with Crippen molar-refractivity contribution in [3.8, 4) is 11.4 Å². The zero-order chi connectivity index (χ0) is 21.3. The lowest BCUT2D eigenvalue weighted by molar-refractivity contribution is 0.367. The Labute approximate surface area is 181 Å². The van der Waals surface area contributed by atoms with E-state index in [0.29, 0.717) is 36.0 Å². The Morgan fingerprint density at radius 1 is 0.806 bits per heavy atom. The quantitative estimate of drug-likeness (QED) is 0.459. The minimum absolute atomic E-state index is 0.333. The first-order valence-electron chi connectivity index (χ1n) is 10.2. The molecule has 4 aromatic rings. The number of hydrogen-bond acceptors (Lipinski definition) is 6. The molecule has 0 bridgehead atoms. The number of aromatic nitrogens is 4. The van der Waals surface area contributed by atoms with Crippen molar-refractivity contribution in [3.05, 3.63) is 72.8 Å². The summed E-state index contributed by atoms with van der Waals surface area (Å²) in [5.74, 6) is 1.46. The summed E-state index contributed by atoms with van der Waals surface area (Å²) in [5.41, 5.74) is 1.61. The van der Waals surface area contributed by atoms with Crippen LogP contribution < -0.4 is 4.90 Å². The van der Waals surface area contributed by atoms with Crippen molar-refractivity contribution in [2.24, 2.45) is 0 Å². The third-order valence-electron chi connectivity index (χ3n) is 5.44. The summed E-state index contributed by atoms with van der Waals surface area (Å²) in [7, 11) is -3.50. The highest BCUT2D eigenvalue weighted by atomic mass is 32.3. The maximum Gasteiger partial charge on any atom is 0.185 e. The fraction of sp³-hybridized carbons (Fsp3) is 0.227. The second-order valence-electron chi connectivity index (χ2n) is 7.41. The standard InChI is InChI=1S/C22H22N6O2S/c29-31(30,19-10-5-2-6-11-19)27-15-7-14-26(16-17-27)21-13-12-20-23-24-22(28(20)25-21)18-8-3-1-4-9-18/h1-6,8-13H,7,14-17H2. The van der Waals surface area contributed by atoms with E-state index in [-0.39, 0.29) is 0 Å². The van der Waals surface area contributed by atoms with E-state index >= 15 is 0 Å². The number of fused-ring (bicyclic) bond motifs is 1. The van der Waals surface area contributed by atoms with Gasteiger partial charge in [0.25, 0.3) is 0 Å². The van der Waals surface area contributed by atoms with Gasteiger partial charge in [-0.25, -0.2) is 0 Å². The third-order valence-corrected chi connectivity index (χ3v) is 7.35. The lowest BCUT2D eigenvalue weighted by Crippen LogP contribution is -2.39. The van der Waals surface area contributed by atoms with Gasteiger partial charge in [0.05, 0.1) is 6.54 Å². The molecule has 9 heteroatoms. The maximum atomic E-state index is 13.0. The Morgan fingerprint density at radius 3 is 2.32 bits per heavy atom. The van der Waals surface area contributed by atoms with E-state index < -0.39 is 10.4 Å². The molecular weight excluding hydrogens is 412 g/mol. The highest BCUT2D eigenvalue weighted by Gasteiger charge is 2.32. The minimum atomic E-state index is -3.50. The average molecular weight is 435 g/mol. The first-order chi connectivity index (χ1) is 15.1. The van der Waals surface area contributed by atoms with Crippen LogP contribution >= 0.6 is 0 Å². The van der Waals surface area contributed by atoms with Crippen LogP contribution in [-0.2, 0) is 14.6 Å². The number of hydrogen-bond donors (Lipinski definition) is 0. The van der Waals surface area contributed by atoms with Gasteiger partial charge in [0, 0.05) is 25.2 Å². The van der Waals surface area contributed by atoms with Gasteiger partial charge in [-0.1, -0.05) is 52.7 Å². The number of anilines is 1. The molecule has 8 nitrogen and oxygen atoms in total. The van der Waals surface area contributed by atoms with E-state index in [1.54, 1.807) is 33.1 Å². The Morgan fingerprint density at radius 2 is 1.55 bits per heavy atom. The van der Waals surface area contributed by atoms with Gasteiger partial charge in [-0.2, -0.15) is 4.52 Å². The molecule has 0 saturated carbocycles. The van der Waals surface area contributed by atoms with Gasteiger partial charge >= 0.3 is 0 Å². The molecule has 1 fully saturated rings. The van der Waals surface area contributed by atoms with E-state index in [1.807, 2.05) is 48.5 Å². The zero-order valence-corrected chi connectivity index (χ0v) is 17.7. The van der Waals surface area contributed by atoms with Crippen LogP contribution in [0.1, 0.15) is 6.42 Å². The first-order valence-corrected chi connectivity index (χ1v) is 11.6. The summed E-state index contributed by atoms with van der Waals surface area (Å²) >= 11 is 0. The molecule has 1 aliphatic rings. The van der Waals surface area contributed by atoms with Crippen LogP contribution in [0.25, 0.3) is 17.0 Å².